The number of hydrogen-bond donors (Lipinski definition) is 1. The van der Waals surface area contributed by atoms with Gasteiger partial charge < -0.3 is 14.6 Å². The Morgan fingerprint density at radius 3 is 2.68 bits per heavy atom. The average Bonchev–Trinajstić information content (AvgIpc) is 3.07. The standard InChI is InChI=1S/C20H30N4O3S/c1-4-21-20(22-14-16-9-11-24(12-10-16)28(3,25)26)23(2)15-18-13-17-7-5-6-8-19(17)27-18/h5-8,13,16H,4,9-12,14-15H2,1-3H3,(H,21,22). The van der Waals surface area contributed by atoms with Crippen molar-refractivity contribution in [3.05, 3.63) is 36.1 Å². The van der Waals surface area contributed by atoms with Crippen molar-refractivity contribution in [2.45, 2.75) is 26.3 Å². The third kappa shape index (κ3) is 5.26. The molecule has 1 aromatic carbocycles. The summed E-state index contributed by atoms with van der Waals surface area (Å²) >= 11 is 0. The third-order valence-corrected chi connectivity index (χ3v) is 6.41. The molecule has 0 bridgehead atoms. The van der Waals surface area contributed by atoms with E-state index in [9.17, 15) is 8.42 Å². The second kappa shape index (κ2) is 8.96. The average molecular weight is 407 g/mol. The lowest BCUT2D eigenvalue weighted by Crippen LogP contribution is -2.40. The second-order valence-electron chi connectivity index (χ2n) is 7.41. The smallest absolute Gasteiger partial charge is 0.211 e. The molecule has 0 spiro atoms. The molecule has 3 rings (SSSR count). The minimum absolute atomic E-state index is 0.409. The van der Waals surface area contributed by atoms with Gasteiger partial charge >= 0.3 is 0 Å². The number of fused-ring (bicyclic) bond motifs is 1. The van der Waals surface area contributed by atoms with Crippen LogP contribution in [0.4, 0.5) is 0 Å². The Labute approximate surface area is 167 Å². The van der Waals surface area contributed by atoms with Crippen molar-refractivity contribution in [1.29, 1.82) is 0 Å². The van der Waals surface area contributed by atoms with E-state index >= 15 is 0 Å². The van der Waals surface area contributed by atoms with E-state index in [2.05, 4.69) is 23.2 Å². The van der Waals surface area contributed by atoms with E-state index in [0.29, 0.717) is 32.1 Å². The molecule has 0 aliphatic carbocycles. The van der Waals surface area contributed by atoms with Gasteiger partial charge in [0, 0.05) is 38.6 Å². The molecular formula is C20H30N4O3S. The number of benzene rings is 1. The number of piperidine rings is 1. The monoisotopic (exact) mass is 406 g/mol. The molecule has 0 radical (unpaired) electrons. The number of rotatable bonds is 6. The van der Waals surface area contributed by atoms with Crippen LogP contribution in [0.3, 0.4) is 0 Å². The summed E-state index contributed by atoms with van der Waals surface area (Å²) in [6, 6.07) is 10.1. The minimum Gasteiger partial charge on any atom is -0.459 e. The Morgan fingerprint density at radius 2 is 2.04 bits per heavy atom. The molecule has 2 heterocycles. The molecule has 1 fully saturated rings. The van der Waals surface area contributed by atoms with Gasteiger partial charge in [-0.2, -0.15) is 0 Å². The Kier molecular flexibility index (Phi) is 6.61. The highest BCUT2D eigenvalue weighted by molar-refractivity contribution is 7.88. The molecule has 1 N–H and O–H groups in total. The van der Waals surface area contributed by atoms with Crippen LogP contribution in [0.2, 0.25) is 0 Å². The van der Waals surface area contributed by atoms with Crippen LogP contribution in [0.15, 0.2) is 39.7 Å². The van der Waals surface area contributed by atoms with Gasteiger partial charge in [0.15, 0.2) is 5.96 Å². The summed E-state index contributed by atoms with van der Waals surface area (Å²) in [7, 11) is -1.08. The zero-order valence-corrected chi connectivity index (χ0v) is 17.7. The molecule has 1 aromatic heterocycles. The van der Waals surface area contributed by atoms with Crippen molar-refractivity contribution < 1.29 is 12.8 Å². The van der Waals surface area contributed by atoms with Crippen LogP contribution >= 0.6 is 0 Å². The van der Waals surface area contributed by atoms with Gasteiger partial charge in [-0.3, -0.25) is 4.99 Å². The fraction of sp³-hybridized carbons (Fsp3) is 0.550. The van der Waals surface area contributed by atoms with Crippen LogP contribution in [0.1, 0.15) is 25.5 Å². The Hall–Kier alpha value is -2.06. The Balaban J connectivity index is 1.60. The summed E-state index contributed by atoms with van der Waals surface area (Å²) in [6.45, 7) is 5.34. The molecule has 0 amide bonds. The molecule has 154 valence electrons. The van der Waals surface area contributed by atoms with Crippen LogP contribution in [0.5, 0.6) is 0 Å². The predicted octanol–water partition coefficient (Wildman–Crippen LogP) is 2.50. The van der Waals surface area contributed by atoms with Crippen LogP contribution in [0, 0.1) is 5.92 Å². The fourth-order valence-corrected chi connectivity index (χ4v) is 4.41. The first kappa shape index (κ1) is 20.7. The first-order valence-electron chi connectivity index (χ1n) is 9.79. The molecule has 7 nitrogen and oxygen atoms in total. The summed E-state index contributed by atoms with van der Waals surface area (Å²) in [5, 5.41) is 4.44. The molecule has 0 atom stereocenters. The number of sulfonamides is 1. The van der Waals surface area contributed by atoms with Crippen LogP contribution in [-0.4, -0.2) is 63.1 Å². The molecule has 8 heteroatoms. The molecule has 1 saturated heterocycles. The summed E-state index contributed by atoms with van der Waals surface area (Å²) in [5.41, 5.74) is 0.894. The van der Waals surface area contributed by atoms with Crippen molar-refractivity contribution in [2.75, 3.05) is 39.5 Å². The molecule has 0 unspecified atom stereocenters. The molecular weight excluding hydrogens is 376 g/mol. The Bertz CT molecular complexity index is 881. The zero-order chi connectivity index (χ0) is 20.1. The normalized spacial score (nSPS) is 17.2. The summed E-state index contributed by atoms with van der Waals surface area (Å²) in [4.78, 5) is 6.86. The molecule has 2 aromatic rings. The maximum absolute atomic E-state index is 11.6. The van der Waals surface area contributed by atoms with Crippen LogP contribution in [-0.2, 0) is 16.6 Å². The van der Waals surface area contributed by atoms with E-state index in [1.165, 1.54) is 6.26 Å². The van der Waals surface area contributed by atoms with Gasteiger partial charge in [0.25, 0.3) is 0 Å². The molecule has 1 aliphatic rings. The summed E-state index contributed by atoms with van der Waals surface area (Å²) < 4.78 is 30.8. The van der Waals surface area contributed by atoms with Gasteiger partial charge in [-0.25, -0.2) is 12.7 Å². The third-order valence-electron chi connectivity index (χ3n) is 5.11. The van der Waals surface area contributed by atoms with Gasteiger partial charge in [-0.15, -0.1) is 0 Å². The lowest BCUT2D eigenvalue weighted by molar-refractivity contribution is 0.279. The highest BCUT2D eigenvalue weighted by Crippen LogP contribution is 2.21. The molecule has 28 heavy (non-hydrogen) atoms. The summed E-state index contributed by atoms with van der Waals surface area (Å²) in [5.74, 6) is 2.15. The number of hydrogen-bond acceptors (Lipinski definition) is 4. The fourth-order valence-electron chi connectivity index (χ4n) is 3.53. The number of para-hydroxylation sites is 1. The topological polar surface area (TPSA) is 78.2 Å². The number of guanidine groups is 1. The van der Waals surface area contributed by atoms with E-state index in [1.807, 2.05) is 31.3 Å². The largest absolute Gasteiger partial charge is 0.459 e. The van der Waals surface area contributed by atoms with E-state index in [0.717, 1.165) is 42.1 Å². The molecule has 0 saturated carbocycles. The van der Waals surface area contributed by atoms with Gasteiger partial charge in [0.1, 0.15) is 11.3 Å². The highest BCUT2D eigenvalue weighted by Gasteiger charge is 2.24. The lowest BCUT2D eigenvalue weighted by atomic mass is 9.98. The Morgan fingerprint density at radius 1 is 1.32 bits per heavy atom. The lowest BCUT2D eigenvalue weighted by Gasteiger charge is -2.29. The van der Waals surface area contributed by atoms with Crippen molar-refractivity contribution in [3.8, 4) is 0 Å². The van der Waals surface area contributed by atoms with E-state index < -0.39 is 10.0 Å². The zero-order valence-electron chi connectivity index (χ0n) is 16.9. The van der Waals surface area contributed by atoms with Gasteiger partial charge in [-0.1, -0.05) is 18.2 Å². The van der Waals surface area contributed by atoms with Gasteiger partial charge in [-0.05, 0) is 37.8 Å². The highest BCUT2D eigenvalue weighted by atomic mass is 32.2. The molecule has 1 aliphatic heterocycles. The SMILES string of the molecule is CCNC(=NCC1CCN(S(C)(=O)=O)CC1)N(C)Cc1cc2ccccc2o1. The first-order chi connectivity index (χ1) is 13.4. The van der Waals surface area contributed by atoms with E-state index in [4.69, 9.17) is 9.41 Å². The number of furan rings is 1. The number of nitrogens with one attached hydrogen (secondary N) is 1. The minimum atomic E-state index is -3.08. The van der Waals surface area contributed by atoms with Crippen LogP contribution in [0.25, 0.3) is 11.0 Å². The number of nitrogens with zero attached hydrogens (tertiary/aromatic N) is 3. The van der Waals surface area contributed by atoms with E-state index in [-0.39, 0.29) is 0 Å². The quantitative estimate of drug-likeness (QED) is 0.589. The maximum atomic E-state index is 11.6. The van der Waals surface area contributed by atoms with Crippen molar-refractivity contribution in [1.82, 2.24) is 14.5 Å². The van der Waals surface area contributed by atoms with Gasteiger partial charge in [0.05, 0.1) is 12.8 Å². The van der Waals surface area contributed by atoms with Gasteiger partial charge in [0.2, 0.25) is 10.0 Å². The second-order valence-corrected chi connectivity index (χ2v) is 9.39. The van der Waals surface area contributed by atoms with Crippen molar-refractivity contribution in [3.63, 3.8) is 0 Å². The van der Waals surface area contributed by atoms with Crippen molar-refractivity contribution in [2.24, 2.45) is 10.9 Å². The first-order valence-corrected chi connectivity index (χ1v) is 11.6. The number of aliphatic imine (C=N–C) groups is 1. The maximum Gasteiger partial charge on any atom is 0.211 e. The predicted molar refractivity (Wildman–Crippen MR) is 113 cm³/mol. The summed E-state index contributed by atoms with van der Waals surface area (Å²) in [6.07, 6.45) is 2.98. The van der Waals surface area contributed by atoms with Crippen LogP contribution < -0.4 is 5.32 Å². The van der Waals surface area contributed by atoms with E-state index in [1.54, 1.807) is 4.31 Å². The van der Waals surface area contributed by atoms with Crippen molar-refractivity contribution >= 4 is 27.0 Å².